The zero-order chi connectivity index (χ0) is 42.3. The Kier molecular flexibility index (Phi) is 36.3. The number of rotatable bonds is 40. The molecule has 0 aliphatic heterocycles. The van der Waals surface area contributed by atoms with Gasteiger partial charge in [0.15, 0.2) is 0 Å². The minimum absolute atomic E-state index is 0.0155. The summed E-state index contributed by atoms with van der Waals surface area (Å²) in [6, 6.07) is 0. The van der Waals surface area contributed by atoms with Crippen LogP contribution in [0, 0.1) is 23.7 Å². The van der Waals surface area contributed by atoms with Gasteiger partial charge in [0.25, 0.3) is 0 Å². The van der Waals surface area contributed by atoms with Crippen LogP contribution >= 0.6 is 0 Å². The molecule has 0 heterocycles. The number of hydrogen-bond donors (Lipinski definition) is 0. The molecule has 1 saturated carbocycles. The second-order valence-electron chi connectivity index (χ2n) is 17.5. The smallest absolute Gasteiger partial charge is 0.309 e. The zero-order valence-electron chi connectivity index (χ0n) is 38.4. The minimum Gasteiger partial charge on any atom is -0.465 e. The molecule has 4 atom stereocenters. The number of esters is 4. The summed E-state index contributed by atoms with van der Waals surface area (Å²) in [6.07, 6.45) is 36.1. The highest BCUT2D eigenvalue weighted by Crippen LogP contribution is 2.41. The van der Waals surface area contributed by atoms with E-state index in [1.165, 1.54) is 128 Å². The lowest BCUT2D eigenvalue weighted by atomic mass is 9.68. The van der Waals surface area contributed by atoms with E-state index in [9.17, 15) is 19.2 Å². The Balaban J connectivity index is 2.96. The molecule has 0 aromatic rings. The lowest BCUT2D eigenvalue weighted by Crippen LogP contribution is -2.46. The average Bonchev–Trinajstić information content (AvgIpc) is 3.23. The van der Waals surface area contributed by atoms with E-state index in [-0.39, 0.29) is 39.3 Å². The second-order valence-corrected chi connectivity index (χ2v) is 17.5. The van der Waals surface area contributed by atoms with Crippen LogP contribution in [-0.4, -0.2) is 50.3 Å². The molecule has 0 aromatic carbocycles. The number of hydrogen-bond acceptors (Lipinski definition) is 8. The van der Waals surface area contributed by atoms with Crippen LogP contribution in [0.5, 0.6) is 0 Å². The summed E-state index contributed by atoms with van der Waals surface area (Å²) in [5, 5.41) is 0. The standard InChI is InChI=1S/C50H92O8/c1-5-9-13-17-21-25-29-33-37-55-47(51)43-41-45(49(53)57-39-35-31-27-23-19-15-11-7-3)46(50(54)58-40-36-32-28-24-20-16-12-8-4)42-44(43)48(52)56-38-34-30-26-22-18-14-10-6-2/h43-46H,5-42H2,1-4H3. The maximum Gasteiger partial charge on any atom is 0.309 e. The van der Waals surface area contributed by atoms with E-state index in [1.807, 2.05) is 0 Å². The average molecular weight is 821 g/mol. The predicted octanol–water partition coefficient (Wildman–Crippen LogP) is 14.0. The highest BCUT2D eigenvalue weighted by molar-refractivity contribution is 5.87. The molecule has 0 aromatic heterocycles. The summed E-state index contributed by atoms with van der Waals surface area (Å²) in [6.45, 7) is 9.99. The van der Waals surface area contributed by atoms with Crippen LogP contribution in [0.25, 0.3) is 0 Å². The van der Waals surface area contributed by atoms with Crippen molar-refractivity contribution in [3.05, 3.63) is 0 Å². The Morgan fingerprint density at radius 1 is 0.276 bits per heavy atom. The van der Waals surface area contributed by atoms with Crippen LogP contribution in [0.1, 0.15) is 246 Å². The van der Waals surface area contributed by atoms with Gasteiger partial charge in [-0.25, -0.2) is 0 Å². The first-order valence-corrected chi connectivity index (χ1v) is 25.1. The van der Waals surface area contributed by atoms with Gasteiger partial charge in [-0.1, -0.05) is 207 Å². The molecule has 1 fully saturated rings. The Hall–Kier alpha value is -2.12. The van der Waals surface area contributed by atoms with Crippen molar-refractivity contribution < 1.29 is 38.1 Å². The molecule has 0 bridgehead atoms. The summed E-state index contributed by atoms with van der Waals surface area (Å²) in [5.74, 6) is -5.44. The fraction of sp³-hybridized carbons (Fsp3) is 0.920. The molecule has 8 heteroatoms. The fourth-order valence-corrected chi connectivity index (χ4v) is 8.31. The van der Waals surface area contributed by atoms with E-state index < -0.39 is 47.5 Å². The van der Waals surface area contributed by atoms with Gasteiger partial charge < -0.3 is 18.9 Å². The van der Waals surface area contributed by atoms with Crippen LogP contribution < -0.4 is 0 Å². The Labute approximate surface area is 357 Å². The van der Waals surface area contributed by atoms with Crippen molar-refractivity contribution in [3.8, 4) is 0 Å². The molecule has 0 spiro atoms. The van der Waals surface area contributed by atoms with E-state index >= 15 is 0 Å². The molecule has 1 aliphatic carbocycles. The van der Waals surface area contributed by atoms with Crippen molar-refractivity contribution >= 4 is 23.9 Å². The maximum absolute atomic E-state index is 13.8. The van der Waals surface area contributed by atoms with E-state index in [2.05, 4.69) is 27.7 Å². The predicted molar refractivity (Wildman–Crippen MR) is 237 cm³/mol. The molecule has 0 N–H and O–H groups in total. The van der Waals surface area contributed by atoms with Gasteiger partial charge in [-0.05, 0) is 38.5 Å². The van der Waals surface area contributed by atoms with Crippen LogP contribution in [0.3, 0.4) is 0 Å². The van der Waals surface area contributed by atoms with Gasteiger partial charge in [0.1, 0.15) is 0 Å². The summed E-state index contributed by atoms with van der Waals surface area (Å²) in [5.41, 5.74) is 0. The van der Waals surface area contributed by atoms with Crippen molar-refractivity contribution in [3.63, 3.8) is 0 Å². The molecule has 0 amide bonds. The monoisotopic (exact) mass is 821 g/mol. The van der Waals surface area contributed by atoms with Crippen LogP contribution in [0.15, 0.2) is 0 Å². The topological polar surface area (TPSA) is 105 Å². The summed E-state index contributed by atoms with van der Waals surface area (Å²) >= 11 is 0. The number of unbranched alkanes of at least 4 members (excludes halogenated alkanes) is 28. The van der Waals surface area contributed by atoms with Gasteiger partial charge in [0.2, 0.25) is 0 Å². The third kappa shape index (κ3) is 27.6. The summed E-state index contributed by atoms with van der Waals surface area (Å²) < 4.78 is 23.2. The minimum atomic E-state index is -0.877. The number of carbonyl (C=O) groups excluding carboxylic acids is 4. The quantitative estimate of drug-likeness (QED) is 0.0342. The van der Waals surface area contributed by atoms with Crippen molar-refractivity contribution in [2.45, 2.75) is 246 Å². The number of carbonyl (C=O) groups is 4. The van der Waals surface area contributed by atoms with Crippen LogP contribution in [-0.2, 0) is 38.1 Å². The second kappa shape index (κ2) is 39.0. The molecule has 1 rings (SSSR count). The van der Waals surface area contributed by atoms with Crippen molar-refractivity contribution in [1.29, 1.82) is 0 Å². The SMILES string of the molecule is CCCCCCCCCCOC(=O)C1CC(C(=O)OCCCCCCCCCC)C(C(=O)OCCCCCCCCCC)CC1C(=O)OCCCCCCCCCC. The first-order valence-electron chi connectivity index (χ1n) is 25.1. The van der Waals surface area contributed by atoms with E-state index in [4.69, 9.17) is 18.9 Å². The molecular weight excluding hydrogens is 729 g/mol. The summed E-state index contributed by atoms with van der Waals surface area (Å²) in [4.78, 5) is 55.1. The Morgan fingerprint density at radius 2 is 0.431 bits per heavy atom. The zero-order valence-corrected chi connectivity index (χ0v) is 38.4. The molecule has 0 saturated heterocycles. The maximum atomic E-state index is 13.8. The third-order valence-electron chi connectivity index (χ3n) is 12.2. The van der Waals surface area contributed by atoms with Gasteiger partial charge in [-0.15, -0.1) is 0 Å². The van der Waals surface area contributed by atoms with Gasteiger partial charge in [0.05, 0.1) is 50.1 Å². The first-order chi connectivity index (χ1) is 28.4. The first kappa shape index (κ1) is 53.9. The lowest BCUT2D eigenvalue weighted by molar-refractivity contribution is -0.175. The molecule has 340 valence electrons. The largest absolute Gasteiger partial charge is 0.465 e. The highest BCUT2D eigenvalue weighted by Gasteiger charge is 2.51. The summed E-state index contributed by atoms with van der Waals surface area (Å²) in [7, 11) is 0. The van der Waals surface area contributed by atoms with Crippen LogP contribution in [0.4, 0.5) is 0 Å². The molecule has 1 aliphatic rings. The van der Waals surface area contributed by atoms with Crippen molar-refractivity contribution in [2.75, 3.05) is 26.4 Å². The van der Waals surface area contributed by atoms with E-state index in [0.29, 0.717) is 0 Å². The molecule has 8 nitrogen and oxygen atoms in total. The van der Waals surface area contributed by atoms with Gasteiger partial charge in [-0.3, -0.25) is 19.2 Å². The third-order valence-corrected chi connectivity index (χ3v) is 12.2. The van der Waals surface area contributed by atoms with E-state index in [1.54, 1.807) is 0 Å². The van der Waals surface area contributed by atoms with Crippen molar-refractivity contribution in [1.82, 2.24) is 0 Å². The molecular formula is C50H92O8. The molecule has 0 radical (unpaired) electrons. The lowest BCUT2D eigenvalue weighted by Gasteiger charge is -2.37. The van der Waals surface area contributed by atoms with Gasteiger partial charge in [-0.2, -0.15) is 0 Å². The molecule has 58 heavy (non-hydrogen) atoms. The van der Waals surface area contributed by atoms with Gasteiger partial charge in [0, 0.05) is 0 Å². The van der Waals surface area contributed by atoms with E-state index in [0.717, 1.165) is 77.0 Å². The molecule has 4 unspecified atom stereocenters. The normalized spacial score (nSPS) is 17.9. The van der Waals surface area contributed by atoms with Crippen LogP contribution in [0.2, 0.25) is 0 Å². The fourth-order valence-electron chi connectivity index (χ4n) is 8.31. The Bertz CT molecular complexity index is 844. The Morgan fingerprint density at radius 3 is 0.603 bits per heavy atom. The van der Waals surface area contributed by atoms with Crippen molar-refractivity contribution in [2.24, 2.45) is 23.7 Å². The highest BCUT2D eigenvalue weighted by atomic mass is 16.5. The number of ether oxygens (including phenoxy) is 4. The van der Waals surface area contributed by atoms with Gasteiger partial charge >= 0.3 is 23.9 Å².